The highest BCUT2D eigenvalue weighted by Gasteiger charge is 2.12. The van der Waals surface area contributed by atoms with E-state index in [2.05, 4.69) is 13.0 Å². The van der Waals surface area contributed by atoms with E-state index in [1.54, 1.807) is 31.3 Å². The van der Waals surface area contributed by atoms with Crippen molar-refractivity contribution in [1.29, 1.82) is 5.26 Å². The van der Waals surface area contributed by atoms with Gasteiger partial charge >= 0.3 is 5.97 Å². The van der Waals surface area contributed by atoms with Crippen molar-refractivity contribution in [1.82, 2.24) is 0 Å². The fourth-order valence-electron chi connectivity index (χ4n) is 1.51. The molecule has 1 rings (SSSR count). The quantitative estimate of drug-likeness (QED) is 0.449. The molecule has 0 saturated heterocycles. The molecule has 0 aliphatic rings. The van der Waals surface area contributed by atoms with Crippen LogP contribution in [0.4, 0.5) is 0 Å². The first-order valence-electron chi connectivity index (χ1n) is 6.48. The number of esters is 1. The smallest absolute Gasteiger partial charge is 0.349 e. The second-order valence-electron chi connectivity index (χ2n) is 4.53. The van der Waals surface area contributed by atoms with Crippen LogP contribution in [0.2, 0.25) is 0 Å². The minimum Gasteiger partial charge on any atom is -0.459 e. The molecule has 0 saturated carbocycles. The normalized spacial score (nSPS) is 11.4. The fraction of sp³-hybridized carbons (Fsp3) is 0.467. The minimum atomic E-state index is -0.555. The number of aryl methyl sites for hydroxylation is 1. The number of unbranched alkanes of at least 4 members (excludes halogenated alkanes) is 1. The van der Waals surface area contributed by atoms with E-state index in [4.69, 9.17) is 10.00 Å². The summed E-state index contributed by atoms with van der Waals surface area (Å²) in [5, 5.41) is 9.00. The third-order valence-corrected chi connectivity index (χ3v) is 3.52. The number of ether oxygens (including phenoxy) is 1. The summed E-state index contributed by atoms with van der Waals surface area (Å²) in [5.41, 5.74) is 0.0533. The van der Waals surface area contributed by atoms with E-state index in [-0.39, 0.29) is 11.7 Å². The average Bonchev–Trinajstić information content (AvgIpc) is 2.80. The summed E-state index contributed by atoms with van der Waals surface area (Å²) in [6.45, 7) is 5.69. The lowest BCUT2D eigenvalue weighted by atomic mass is 10.2. The maximum Gasteiger partial charge on any atom is 0.349 e. The van der Waals surface area contributed by atoms with Gasteiger partial charge < -0.3 is 4.74 Å². The molecule has 0 aromatic carbocycles. The van der Waals surface area contributed by atoms with Gasteiger partial charge in [-0.05, 0) is 44.9 Å². The van der Waals surface area contributed by atoms with Gasteiger partial charge in [0.1, 0.15) is 11.6 Å². The Hall–Kier alpha value is -1.60. The van der Waals surface area contributed by atoms with Gasteiger partial charge in [0.15, 0.2) is 0 Å². The third-order valence-electron chi connectivity index (χ3n) is 2.43. The van der Waals surface area contributed by atoms with Crippen LogP contribution >= 0.6 is 11.3 Å². The van der Waals surface area contributed by atoms with Crippen LogP contribution in [0, 0.1) is 11.3 Å². The van der Waals surface area contributed by atoms with E-state index in [0.29, 0.717) is 0 Å². The maximum atomic E-state index is 11.7. The van der Waals surface area contributed by atoms with Gasteiger partial charge in [0, 0.05) is 9.75 Å². The number of carbonyl (C=O) groups is 1. The molecule has 0 atom stereocenters. The SMILES string of the molecule is CCCCc1ccc(C=C(C#N)C(=O)OC(C)C)s1. The van der Waals surface area contributed by atoms with Crippen LogP contribution in [-0.2, 0) is 16.0 Å². The maximum absolute atomic E-state index is 11.7. The number of nitrogens with zero attached hydrogens (tertiary/aromatic N) is 1. The molecule has 0 fully saturated rings. The first-order chi connectivity index (χ1) is 9.06. The van der Waals surface area contributed by atoms with E-state index < -0.39 is 5.97 Å². The Labute approximate surface area is 118 Å². The Bertz CT molecular complexity index is 494. The van der Waals surface area contributed by atoms with E-state index in [1.165, 1.54) is 4.88 Å². The van der Waals surface area contributed by atoms with Crippen LogP contribution in [0.25, 0.3) is 6.08 Å². The average molecular weight is 277 g/mol. The molecule has 0 aliphatic heterocycles. The standard InChI is InChI=1S/C15H19NO2S/c1-4-5-6-13-7-8-14(19-13)9-12(10-16)15(17)18-11(2)3/h7-9,11H,4-6H2,1-3H3. The first kappa shape index (κ1) is 15.5. The van der Waals surface area contributed by atoms with Gasteiger partial charge in [0.25, 0.3) is 0 Å². The Kier molecular flexibility index (Phi) is 6.31. The number of carbonyl (C=O) groups excluding carboxylic acids is 1. The summed E-state index contributed by atoms with van der Waals surface area (Å²) in [6, 6.07) is 5.89. The van der Waals surface area contributed by atoms with Crippen LogP contribution in [0.3, 0.4) is 0 Å². The molecule has 0 N–H and O–H groups in total. The van der Waals surface area contributed by atoms with Crippen LogP contribution in [0.5, 0.6) is 0 Å². The lowest BCUT2D eigenvalue weighted by Gasteiger charge is -2.05. The second kappa shape index (κ2) is 7.75. The van der Waals surface area contributed by atoms with E-state index in [1.807, 2.05) is 12.1 Å². The summed E-state index contributed by atoms with van der Waals surface area (Å²) in [6.07, 6.45) is 4.75. The zero-order chi connectivity index (χ0) is 14.3. The van der Waals surface area contributed by atoms with Crippen molar-refractivity contribution in [3.8, 4) is 6.07 Å². The van der Waals surface area contributed by atoms with Gasteiger partial charge in [0.2, 0.25) is 0 Å². The van der Waals surface area contributed by atoms with E-state index in [0.717, 1.165) is 24.1 Å². The molecule has 4 heteroatoms. The van der Waals surface area contributed by atoms with Crippen molar-refractivity contribution in [3.05, 3.63) is 27.5 Å². The molecule has 0 amide bonds. The highest BCUT2D eigenvalue weighted by atomic mass is 32.1. The molecule has 0 aliphatic carbocycles. The second-order valence-corrected chi connectivity index (χ2v) is 5.73. The largest absolute Gasteiger partial charge is 0.459 e. The molecule has 0 spiro atoms. The van der Waals surface area contributed by atoms with Crippen molar-refractivity contribution >= 4 is 23.4 Å². The summed E-state index contributed by atoms with van der Waals surface area (Å²) >= 11 is 1.62. The fourth-order valence-corrected chi connectivity index (χ4v) is 2.51. The van der Waals surface area contributed by atoms with Gasteiger partial charge in [-0.1, -0.05) is 13.3 Å². The molecule has 102 valence electrons. The van der Waals surface area contributed by atoms with Gasteiger partial charge in [-0.3, -0.25) is 0 Å². The summed E-state index contributed by atoms with van der Waals surface area (Å²) in [5.74, 6) is -0.555. The molecule has 3 nitrogen and oxygen atoms in total. The Balaban J connectivity index is 2.78. The molecule has 0 unspecified atom stereocenters. The zero-order valence-electron chi connectivity index (χ0n) is 11.6. The molecular weight excluding hydrogens is 258 g/mol. The topological polar surface area (TPSA) is 50.1 Å². The number of hydrogen-bond donors (Lipinski definition) is 0. The van der Waals surface area contributed by atoms with Crippen molar-refractivity contribution < 1.29 is 9.53 Å². The molecule has 19 heavy (non-hydrogen) atoms. The lowest BCUT2D eigenvalue weighted by molar-refractivity contribution is -0.142. The van der Waals surface area contributed by atoms with Crippen LogP contribution in [0.1, 0.15) is 43.4 Å². The number of hydrogen-bond acceptors (Lipinski definition) is 4. The van der Waals surface area contributed by atoms with Crippen LogP contribution < -0.4 is 0 Å². The Morgan fingerprint density at radius 3 is 2.84 bits per heavy atom. The van der Waals surface area contributed by atoms with E-state index >= 15 is 0 Å². The van der Waals surface area contributed by atoms with Crippen molar-refractivity contribution in [3.63, 3.8) is 0 Å². The molecule has 1 heterocycles. The Morgan fingerprint density at radius 2 is 2.26 bits per heavy atom. The molecule has 0 radical (unpaired) electrons. The van der Waals surface area contributed by atoms with Crippen LogP contribution in [0.15, 0.2) is 17.7 Å². The molecule has 1 aromatic rings. The number of rotatable bonds is 6. The molecular formula is C15H19NO2S. The van der Waals surface area contributed by atoms with Gasteiger partial charge in [-0.25, -0.2) is 4.79 Å². The van der Waals surface area contributed by atoms with Gasteiger partial charge in [-0.2, -0.15) is 5.26 Å². The Morgan fingerprint density at radius 1 is 1.53 bits per heavy atom. The zero-order valence-corrected chi connectivity index (χ0v) is 12.4. The van der Waals surface area contributed by atoms with Gasteiger partial charge in [-0.15, -0.1) is 11.3 Å². The number of nitriles is 1. The van der Waals surface area contributed by atoms with Crippen molar-refractivity contribution in [2.24, 2.45) is 0 Å². The predicted octanol–water partition coefficient (Wildman–Crippen LogP) is 3.95. The monoisotopic (exact) mass is 277 g/mol. The summed E-state index contributed by atoms with van der Waals surface area (Å²) in [4.78, 5) is 13.9. The molecule has 0 bridgehead atoms. The highest BCUT2D eigenvalue weighted by Crippen LogP contribution is 2.21. The summed E-state index contributed by atoms with van der Waals surface area (Å²) in [7, 11) is 0. The first-order valence-corrected chi connectivity index (χ1v) is 7.30. The minimum absolute atomic E-state index is 0.0533. The van der Waals surface area contributed by atoms with Crippen molar-refractivity contribution in [2.75, 3.05) is 0 Å². The lowest BCUT2D eigenvalue weighted by Crippen LogP contribution is -2.12. The van der Waals surface area contributed by atoms with Crippen molar-refractivity contribution in [2.45, 2.75) is 46.1 Å². The number of thiophene rings is 1. The highest BCUT2D eigenvalue weighted by molar-refractivity contribution is 7.12. The van der Waals surface area contributed by atoms with E-state index in [9.17, 15) is 4.79 Å². The third kappa shape index (κ3) is 5.27. The van der Waals surface area contributed by atoms with Gasteiger partial charge in [0.05, 0.1) is 6.10 Å². The predicted molar refractivity (Wildman–Crippen MR) is 77.7 cm³/mol. The summed E-state index contributed by atoms with van der Waals surface area (Å²) < 4.78 is 5.02. The van der Waals surface area contributed by atoms with Crippen LogP contribution in [-0.4, -0.2) is 12.1 Å². The molecule has 1 aromatic heterocycles.